The minimum atomic E-state index is 0.514. The van der Waals surface area contributed by atoms with Crippen LogP contribution in [0.25, 0.3) is 0 Å². The lowest BCUT2D eigenvalue weighted by atomic mass is 10.3. The van der Waals surface area contributed by atoms with Crippen molar-refractivity contribution < 1.29 is 37.9 Å². The van der Waals surface area contributed by atoms with E-state index in [1.807, 2.05) is 0 Å². The summed E-state index contributed by atoms with van der Waals surface area (Å²) in [5, 5.41) is 0. The molecule has 0 heterocycles. The van der Waals surface area contributed by atoms with Crippen molar-refractivity contribution in [3.63, 3.8) is 0 Å². The highest BCUT2D eigenvalue weighted by atomic mass is 16.6. The SMILES string of the molecule is C=COCCOCCOCCOCCOCCOCCOCCOCCCCC. The molecule has 0 spiro atoms. The van der Waals surface area contributed by atoms with Crippen LogP contribution in [0.3, 0.4) is 0 Å². The summed E-state index contributed by atoms with van der Waals surface area (Å²) in [6, 6.07) is 0. The van der Waals surface area contributed by atoms with Gasteiger partial charge in [-0.2, -0.15) is 0 Å². The molecule has 0 rings (SSSR count). The summed E-state index contributed by atoms with van der Waals surface area (Å²) in [5.74, 6) is 0. The van der Waals surface area contributed by atoms with Gasteiger partial charge in [0, 0.05) is 6.61 Å². The zero-order valence-electron chi connectivity index (χ0n) is 18.3. The molecular weight excluding hydrogens is 380 g/mol. The van der Waals surface area contributed by atoms with Crippen molar-refractivity contribution in [3.05, 3.63) is 12.8 Å². The first-order valence-corrected chi connectivity index (χ1v) is 10.7. The summed E-state index contributed by atoms with van der Waals surface area (Å²) in [6.07, 6.45) is 4.97. The maximum absolute atomic E-state index is 5.46. The maximum Gasteiger partial charge on any atom is 0.111 e. The van der Waals surface area contributed by atoms with Crippen molar-refractivity contribution in [1.82, 2.24) is 0 Å². The summed E-state index contributed by atoms with van der Waals surface area (Å²) in [5.41, 5.74) is 0. The molecule has 0 saturated carbocycles. The summed E-state index contributed by atoms with van der Waals surface area (Å²) in [6.45, 7) is 14.3. The van der Waals surface area contributed by atoms with Gasteiger partial charge in [0.2, 0.25) is 0 Å². The minimum absolute atomic E-state index is 0.514. The van der Waals surface area contributed by atoms with E-state index in [1.54, 1.807) is 0 Å². The largest absolute Gasteiger partial charge is 0.499 e. The molecule has 0 amide bonds. The van der Waals surface area contributed by atoms with Crippen molar-refractivity contribution in [1.29, 1.82) is 0 Å². The van der Waals surface area contributed by atoms with Crippen molar-refractivity contribution in [3.8, 4) is 0 Å². The molecule has 29 heavy (non-hydrogen) atoms. The Morgan fingerprint density at radius 3 is 1.07 bits per heavy atom. The zero-order valence-corrected chi connectivity index (χ0v) is 18.3. The van der Waals surface area contributed by atoms with Crippen LogP contribution in [0.5, 0.6) is 0 Å². The maximum atomic E-state index is 5.46. The molecular formula is C21H42O8. The normalized spacial score (nSPS) is 11.1. The molecule has 0 aliphatic heterocycles. The third-order valence-corrected chi connectivity index (χ3v) is 3.59. The molecule has 8 heteroatoms. The number of ether oxygens (including phenoxy) is 8. The minimum Gasteiger partial charge on any atom is -0.499 e. The van der Waals surface area contributed by atoms with Gasteiger partial charge in [0.05, 0.1) is 92.2 Å². The number of unbranched alkanes of at least 4 members (excludes halogenated alkanes) is 2. The molecule has 0 atom stereocenters. The van der Waals surface area contributed by atoms with Gasteiger partial charge < -0.3 is 37.9 Å². The summed E-state index contributed by atoms with van der Waals surface area (Å²) in [7, 11) is 0. The Hall–Kier alpha value is -0.740. The fourth-order valence-corrected chi connectivity index (χ4v) is 2.07. The summed E-state index contributed by atoms with van der Waals surface area (Å²) in [4.78, 5) is 0. The Labute approximate surface area is 176 Å². The topological polar surface area (TPSA) is 73.8 Å². The van der Waals surface area contributed by atoms with Crippen molar-refractivity contribution in [2.75, 3.05) is 99.1 Å². The van der Waals surface area contributed by atoms with Crippen LogP contribution in [0.15, 0.2) is 12.8 Å². The van der Waals surface area contributed by atoms with Gasteiger partial charge in [0.1, 0.15) is 6.61 Å². The third-order valence-electron chi connectivity index (χ3n) is 3.59. The van der Waals surface area contributed by atoms with E-state index in [0.29, 0.717) is 92.5 Å². The molecule has 0 aromatic carbocycles. The van der Waals surface area contributed by atoms with Crippen LogP contribution in [-0.4, -0.2) is 99.1 Å². The lowest BCUT2D eigenvalue weighted by molar-refractivity contribution is -0.0217. The average Bonchev–Trinajstić information content (AvgIpc) is 2.74. The van der Waals surface area contributed by atoms with E-state index >= 15 is 0 Å². The Morgan fingerprint density at radius 1 is 0.448 bits per heavy atom. The lowest BCUT2D eigenvalue weighted by Gasteiger charge is -2.08. The molecule has 0 aliphatic carbocycles. The van der Waals surface area contributed by atoms with E-state index in [4.69, 9.17) is 37.9 Å². The molecule has 174 valence electrons. The second kappa shape index (κ2) is 27.3. The van der Waals surface area contributed by atoms with Crippen LogP contribution in [0.1, 0.15) is 26.2 Å². The fourth-order valence-electron chi connectivity index (χ4n) is 2.07. The lowest BCUT2D eigenvalue weighted by Crippen LogP contribution is -2.14. The first-order valence-electron chi connectivity index (χ1n) is 10.7. The van der Waals surface area contributed by atoms with E-state index in [9.17, 15) is 0 Å². The molecule has 0 aromatic rings. The highest BCUT2D eigenvalue weighted by molar-refractivity contribution is 4.47. The fraction of sp³-hybridized carbons (Fsp3) is 0.905. The molecule has 8 nitrogen and oxygen atoms in total. The zero-order chi connectivity index (χ0) is 21.1. The smallest absolute Gasteiger partial charge is 0.111 e. The number of rotatable bonds is 26. The van der Waals surface area contributed by atoms with E-state index in [2.05, 4.69) is 13.5 Å². The number of hydrogen-bond acceptors (Lipinski definition) is 8. The van der Waals surface area contributed by atoms with Gasteiger partial charge in [-0.3, -0.25) is 0 Å². The second-order valence-corrected chi connectivity index (χ2v) is 6.03. The van der Waals surface area contributed by atoms with Crippen LogP contribution in [0.4, 0.5) is 0 Å². The van der Waals surface area contributed by atoms with E-state index in [1.165, 1.54) is 19.1 Å². The van der Waals surface area contributed by atoms with Crippen LogP contribution in [-0.2, 0) is 37.9 Å². The monoisotopic (exact) mass is 422 g/mol. The van der Waals surface area contributed by atoms with Gasteiger partial charge in [0.25, 0.3) is 0 Å². The van der Waals surface area contributed by atoms with Gasteiger partial charge in [-0.1, -0.05) is 26.3 Å². The molecule has 0 fully saturated rings. The van der Waals surface area contributed by atoms with Crippen LogP contribution in [0, 0.1) is 0 Å². The predicted molar refractivity (Wildman–Crippen MR) is 111 cm³/mol. The van der Waals surface area contributed by atoms with Gasteiger partial charge >= 0.3 is 0 Å². The van der Waals surface area contributed by atoms with E-state index in [0.717, 1.165) is 13.0 Å². The van der Waals surface area contributed by atoms with Gasteiger partial charge in [0.15, 0.2) is 0 Å². The Kier molecular flexibility index (Phi) is 26.6. The highest BCUT2D eigenvalue weighted by Gasteiger charge is 1.95. The number of hydrogen-bond donors (Lipinski definition) is 0. The van der Waals surface area contributed by atoms with Gasteiger partial charge in [-0.05, 0) is 6.42 Å². The molecule has 0 aromatic heterocycles. The standard InChI is InChI=1S/C21H42O8/c1-3-5-6-7-23-10-11-25-14-15-27-18-19-29-21-20-28-17-16-26-13-12-24-9-8-22-4-2/h4H,2-3,5-21H2,1H3. The highest BCUT2D eigenvalue weighted by Crippen LogP contribution is 1.93. The first kappa shape index (κ1) is 28.3. The summed E-state index contributed by atoms with van der Waals surface area (Å²) >= 11 is 0. The molecule has 0 aliphatic rings. The van der Waals surface area contributed by atoms with Gasteiger partial charge in [-0.25, -0.2) is 0 Å². The van der Waals surface area contributed by atoms with Crippen LogP contribution in [0.2, 0.25) is 0 Å². The van der Waals surface area contributed by atoms with Crippen molar-refractivity contribution in [2.45, 2.75) is 26.2 Å². The van der Waals surface area contributed by atoms with Crippen molar-refractivity contribution in [2.24, 2.45) is 0 Å². The molecule has 0 bridgehead atoms. The van der Waals surface area contributed by atoms with Crippen LogP contribution >= 0.6 is 0 Å². The molecule has 0 radical (unpaired) electrons. The second-order valence-electron chi connectivity index (χ2n) is 6.03. The Bertz CT molecular complexity index is 304. The Morgan fingerprint density at radius 2 is 0.759 bits per heavy atom. The molecule has 0 unspecified atom stereocenters. The quantitative estimate of drug-likeness (QED) is 0.155. The van der Waals surface area contributed by atoms with Gasteiger partial charge in [-0.15, -0.1) is 0 Å². The third kappa shape index (κ3) is 27.3. The Balaban J connectivity index is 2.97. The predicted octanol–water partition coefficient (Wildman–Crippen LogP) is 2.45. The summed E-state index contributed by atoms with van der Waals surface area (Å²) < 4.78 is 42.8. The van der Waals surface area contributed by atoms with Crippen LogP contribution < -0.4 is 0 Å². The van der Waals surface area contributed by atoms with Crippen molar-refractivity contribution >= 4 is 0 Å². The average molecular weight is 423 g/mol. The first-order chi connectivity index (χ1) is 14.4. The van der Waals surface area contributed by atoms with E-state index < -0.39 is 0 Å². The molecule has 0 N–H and O–H groups in total. The molecule has 0 saturated heterocycles. The van der Waals surface area contributed by atoms with E-state index in [-0.39, 0.29) is 0 Å².